The van der Waals surface area contributed by atoms with Crippen molar-refractivity contribution in [2.24, 2.45) is 5.73 Å². The highest BCUT2D eigenvalue weighted by atomic mass is 35.5. The van der Waals surface area contributed by atoms with Gasteiger partial charge in [0.15, 0.2) is 5.69 Å². The maximum Gasteiger partial charge on any atom is 0.271 e. The Kier molecular flexibility index (Phi) is 5.93. The lowest BCUT2D eigenvalue weighted by Crippen LogP contribution is -2.26. The van der Waals surface area contributed by atoms with E-state index in [1.54, 1.807) is 35.0 Å². The van der Waals surface area contributed by atoms with Crippen LogP contribution in [-0.4, -0.2) is 28.8 Å². The van der Waals surface area contributed by atoms with Crippen LogP contribution in [0.3, 0.4) is 0 Å². The summed E-state index contributed by atoms with van der Waals surface area (Å²) in [5, 5.41) is 8.59. The minimum Gasteiger partial charge on any atom is -0.351 e. The summed E-state index contributed by atoms with van der Waals surface area (Å²) in [5.74, 6) is -0.235. The molecule has 0 bridgehead atoms. The van der Waals surface area contributed by atoms with Gasteiger partial charge in [-0.25, -0.2) is 4.68 Å². The van der Waals surface area contributed by atoms with Gasteiger partial charge in [0.05, 0.1) is 11.4 Å². The van der Waals surface area contributed by atoms with Gasteiger partial charge in [-0.3, -0.25) is 4.79 Å². The second-order valence-corrected chi connectivity index (χ2v) is 6.58. The number of nitrogens with two attached hydrogens (primary N) is 1. The van der Waals surface area contributed by atoms with Gasteiger partial charge in [-0.1, -0.05) is 35.3 Å². The molecule has 0 unspecified atom stereocenters. The average Bonchev–Trinajstić information content (AvgIpc) is 3.08. The number of halogens is 2. The molecule has 1 heterocycles. The van der Waals surface area contributed by atoms with Gasteiger partial charge in [0.25, 0.3) is 5.91 Å². The normalized spacial score (nSPS) is 10.7. The van der Waals surface area contributed by atoms with Crippen LogP contribution in [0.1, 0.15) is 16.9 Å². The molecule has 3 rings (SSSR count). The third-order valence-corrected chi connectivity index (χ3v) is 4.32. The minimum absolute atomic E-state index is 0.235. The zero-order chi connectivity index (χ0) is 18.5. The second-order valence-electron chi connectivity index (χ2n) is 5.71. The van der Waals surface area contributed by atoms with Crippen LogP contribution in [0, 0.1) is 0 Å². The Morgan fingerprint density at radius 2 is 1.65 bits per heavy atom. The number of hydrogen-bond acceptors (Lipinski definition) is 3. The van der Waals surface area contributed by atoms with Crippen molar-refractivity contribution in [3.63, 3.8) is 0 Å². The molecule has 0 saturated heterocycles. The molecule has 0 aliphatic rings. The number of aromatic nitrogens is 2. The SMILES string of the molecule is NCCCNC(=O)c1cc(-c2ccc(Cl)cc2)n(-c2ccc(Cl)cc2)n1. The summed E-state index contributed by atoms with van der Waals surface area (Å²) < 4.78 is 1.72. The molecule has 0 radical (unpaired) electrons. The third-order valence-electron chi connectivity index (χ3n) is 3.82. The van der Waals surface area contributed by atoms with E-state index in [1.807, 2.05) is 24.3 Å². The molecule has 0 fully saturated rings. The van der Waals surface area contributed by atoms with Gasteiger partial charge in [0.1, 0.15) is 0 Å². The van der Waals surface area contributed by atoms with E-state index in [-0.39, 0.29) is 5.91 Å². The highest BCUT2D eigenvalue weighted by Crippen LogP contribution is 2.26. The molecule has 0 aliphatic heterocycles. The summed E-state index contributed by atoms with van der Waals surface area (Å²) in [6.07, 6.45) is 0.716. The fourth-order valence-electron chi connectivity index (χ4n) is 2.49. The smallest absolute Gasteiger partial charge is 0.271 e. The van der Waals surface area contributed by atoms with Gasteiger partial charge >= 0.3 is 0 Å². The zero-order valence-electron chi connectivity index (χ0n) is 14.0. The Morgan fingerprint density at radius 1 is 1.04 bits per heavy atom. The van der Waals surface area contributed by atoms with E-state index in [1.165, 1.54) is 0 Å². The van der Waals surface area contributed by atoms with Gasteiger partial charge in [0, 0.05) is 22.2 Å². The van der Waals surface area contributed by atoms with E-state index in [2.05, 4.69) is 10.4 Å². The van der Waals surface area contributed by atoms with E-state index >= 15 is 0 Å². The number of hydrogen-bond donors (Lipinski definition) is 2. The number of nitrogens with one attached hydrogen (secondary N) is 1. The Balaban J connectivity index is 2.01. The summed E-state index contributed by atoms with van der Waals surface area (Å²) >= 11 is 12.0. The standard InChI is InChI=1S/C19H18Cl2N4O/c20-14-4-2-13(3-5-14)18-12-17(19(26)23-11-1-10-22)24-25(18)16-8-6-15(21)7-9-16/h2-9,12H,1,10-11,22H2,(H,23,26). The first kappa shape index (κ1) is 18.5. The van der Waals surface area contributed by atoms with E-state index in [0.29, 0.717) is 35.2 Å². The number of amides is 1. The molecule has 1 aromatic heterocycles. The third kappa shape index (κ3) is 4.25. The van der Waals surface area contributed by atoms with Crippen molar-refractivity contribution < 1.29 is 4.79 Å². The van der Waals surface area contributed by atoms with Crippen molar-refractivity contribution in [3.05, 3.63) is 70.3 Å². The molecule has 3 N–H and O–H groups in total. The van der Waals surface area contributed by atoms with Gasteiger partial charge in [-0.05, 0) is 55.4 Å². The molecule has 3 aromatic rings. The fraction of sp³-hybridized carbons (Fsp3) is 0.158. The van der Waals surface area contributed by atoms with Crippen LogP contribution in [-0.2, 0) is 0 Å². The number of benzene rings is 2. The van der Waals surface area contributed by atoms with Crippen molar-refractivity contribution in [1.29, 1.82) is 0 Å². The summed E-state index contributed by atoms with van der Waals surface area (Å²) in [6.45, 7) is 1.04. The van der Waals surface area contributed by atoms with Crippen LogP contribution in [0.5, 0.6) is 0 Å². The van der Waals surface area contributed by atoms with Gasteiger partial charge in [-0.15, -0.1) is 0 Å². The van der Waals surface area contributed by atoms with Crippen LogP contribution in [0.25, 0.3) is 16.9 Å². The molecular formula is C19H18Cl2N4O. The molecule has 0 aliphatic carbocycles. The molecule has 2 aromatic carbocycles. The molecule has 1 amide bonds. The van der Waals surface area contributed by atoms with Crippen molar-refractivity contribution in [3.8, 4) is 16.9 Å². The molecule has 0 spiro atoms. The lowest BCUT2D eigenvalue weighted by Gasteiger charge is -2.08. The lowest BCUT2D eigenvalue weighted by molar-refractivity contribution is 0.0948. The first-order chi connectivity index (χ1) is 12.6. The van der Waals surface area contributed by atoms with Crippen molar-refractivity contribution in [1.82, 2.24) is 15.1 Å². The second kappa shape index (κ2) is 8.36. The van der Waals surface area contributed by atoms with Gasteiger partial charge in [-0.2, -0.15) is 5.10 Å². The van der Waals surface area contributed by atoms with Crippen LogP contribution in [0.15, 0.2) is 54.6 Å². The van der Waals surface area contributed by atoms with Crippen LogP contribution in [0.4, 0.5) is 0 Å². The monoisotopic (exact) mass is 388 g/mol. The molecule has 5 nitrogen and oxygen atoms in total. The minimum atomic E-state index is -0.235. The van der Waals surface area contributed by atoms with Gasteiger partial charge in [0.2, 0.25) is 0 Å². The quantitative estimate of drug-likeness (QED) is 0.628. The molecular weight excluding hydrogens is 371 g/mol. The molecule has 0 saturated carbocycles. The first-order valence-corrected chi connectivity index (χ1v) is 8.94. The van der Waals surface area contributed by atoms with Crippen LogP contribution >= 0.6 is 23.2 Å². The van der Waals surface area contributed by atoms with Gasteiger partial charge < -0.3 is 11.1 Å². The maximum atomic E-state index is 12.4. The summed E-state index contributed by atoms with van der Waals surface area (Å²) in [4.78, 5) is 12.4. The van der Waals surface area contributed by atoms with Crippen molar-refractivity contribution >= 4 is 29.1 Å². The van der Waals surface area contributed by atoms with Crippen LogP contribution in [0.2, 0.25) is 10.0 Å². The number of carbonyl (C=O) groups is 1. The Bertz CT molecular complexity index is 826. The number of rotatable bonds is 6. The fourth-order valence-corrected chi connectivity index (χ4v) is 2.74. The highest BCUT2D eigenvalue weighted by molar-refractivity contribution is 6.30. The molecule has 7 heteroatoms. The maximum absolute atomic E-state index is 12.4. The predicted octanol–water partition coefficient (Wildman–Crippen LogP) is 3.92. The van der Waals surface area contributed by atoms with E-state index in [4.69, 9.17) is 28.9 Å². The highest BCUT2D eigenvalue weighted by Gasteiger charge is 2.16. The Hall–Kier alpha value is -2.34. The molecule has 0 atom stereocenters. The van der Waals surface area contributed by atoms with Crippen molar-refractivity contribution in [2.45, 2.75) is 6.42 Å². The van der Waals surface area contributed by atoms with Crippen molar-refractivity contribution in [2.75, 3.05) is 13.1 Å². The van der Waals surface area contributed by atoms with Crippen LogP contribution < -0.4 is 11.1 Å². The lowest BCUT2D eigenvalue weighted by atomic mass is 10.1. The molecule has 134 valence electrons. The molecule has 26 heavy (non-hydrogen) atoms. The van der Waals surface area contributed by atoms with E-state index < -0.39 is 0 Å². The van der Waals surface area contributed by atoms with E-state index in [9.17, 15) is 4.79 Å². The number of nitrogens with zero attached hydrogens (tertiary/aromatic N) is 2. The Labute approximate surface area is 161 Å². The Morgan fingerprint density at radius 3 is 2.27 bits per heavy atom. The predicted molar refractivity (Wildman–Crippen MR) is 105 cm³/mol. The topological polar surface area (TPSA) is 72.9 Å². The number of carbonyl (C=O) groups excluding carboxylic acids is 1. The van der Waals surface area contributed by atoms with E-state index in [0.717, 1.165) is 16.9 Å². The summed E-state index contributed by atoms with van der Waals surface area (Å²) in [5.41, 5.74) is 8.29. The zero-order valence-corrected chi connectivity index (χ0v) is 15.5. The largest absolute Gasteiger partial charge is 0.351 e. The summed E-state index contributed by atoms with van der Waals surface area (Å²) in [7, 11) is 0. The summed E-state index contributed by atoms with van der Waals surface area (Å²) in [6, 6.07) is 16.4. The average molecular weight is 389 g/mol. The first-order valence-electron chi connectivity index (χ1n) is 8.18.